The van der Waals surface area contributed by atoms with Gasteiger partial charge in [0.15, 0.2) is 0 Å². The molecule has 7 nitrogen and oxygen atoms in total. The number of rotatable bonds is 2. The Hall–Kier alpha value is -3.35. The van der Waals surface area contributed by atoms with Gasteiger partial charge in [0.1, 0.15) is 5.56 Å². The molecule has 0 spiro atoms. The summed E-state index contributed by atoms with van der Waals surface area (Å²) < 4.78 is 2.02. The lowest BCUT2D eigenvalue weighted by Crippen LogP contribution is -2.39. The Kier molecular flexibility index (Phi) is 3.64. The molecule has 1 aliphatic heterocycles. The molecular weight excluding hydrogens is 332 g/mol. The van der Waals surface area contributed by atoms with E-state index in [2.05, 4.69) is 10.5 Å². The molecule has 1 atom stereocenters. The first-order valence-corrected chi connectivity index (χ1v) is 8.28. The van der Waals surface area contributed by atoms with Gasteiger partial charge >= 0.3 is 5.69 Å². The maximum Gasteiger partial charge on any atom is 0.333 e. The summed E-state index contributed by atoms with van der Waals surface area (Å²) in [6.45, 7) is 0. The topological polar surface area (TPSA) is 88.6 Å². The Bertz CT molecular complexity index is 1170. The third kappa shape index (κ3) is 2.32. The van der Waals surface area contributed by atoms with Crippen molar-refractivity contribution in [2.45, 2.75) is 12.5 Å². The van der Waals surface area contributed by atoms with Crippen molar-refractivity contribution in [1.82, 2.24) is 14.6 Å². The van der Waals surface area contributed by atoms with E-state index in [1.54, 1.807) is 0 Å². The van der Waals surface area contributed by atoms with Crippen LogP contribution in [0.1, 0.15) is 23.6 Å². The van der Waals surface area contributed by atoms with Crippen LogP contribution in [0.15, 0.2) is 57.2 Å². The molecule has 7 heteroatoms. The van der Waals surface area contributed by atoms with Gasteiger partial charge in [0.05, 0.1) is 11.8 Å². The second-order valence-electron chi connectivity index (χ2n) is 6.42. The van der Waals surface area contributed by atoms with Crippen LogP contribution in [0.25, 0.3) is 10.8 Å². The predicted octanol–water partition coefficient (Wildman–Crippen LogP) is 1.38. The maximum absolute atomic E-state index is 12.5. The molecule has 2 aromatic carbocycles. The average Bonchev–Trinajstić information content (AvgIpc) is 3.14. The molecule has 0 bridgehead atoms. The molecule has 1 aromatic heterocycles. The number of hydrogen-bond acceptors (Lipinski definition) is 5. The van der Waals surface area contributed by atoms with Gasteiger partial charge in [-0.05, 0) is 16.3 Å². The number of fused-ring (bicyclic) bond motifs is 1. The second kappa shape index (κ2) is 5.87. The SMILES string of the molecule is Cn1c(O)c(C2=NNC(c3cccc4ccccc34)C2)c(=O)n(C)c1=O. The lowest BCUT2D eigenvalue weighted by molar-refractivity contribution is 0.410. The van der Waals surface area contributed by atoms with Crippen molar-refractivity contribution in [3.8, 4) is 5.88 Å². The number of aromatic nitrogens is 2. The lowest BCUT2D eigenvalue weighted by Gasteiger charge is -2.14. The minimum absolute atomic E-state index is 0.0600. The first kappa shape index (κ1) is 16.1. The highest BCUT2D eigenvalue weighted by molar-refractivity contribution is 6.03. The molecule has 1 aliphatic rings. The molecule has 2 heterocycles. The normalized spacial score (nSPS) is 16.5. The monoisotopic (exact) mass is 350 g/mol. The van der Waals surface area contributed by atoms with Gasteiger partial charge in [-0.2, -0.15) is 5.10 Å². The summed E-state index contributed by atoms with van der Waals surface area (Å²) in [4.78, 5) is 24.4. The molecule has 0 aliphatic carbocycles. The van der Waals surface area contributed by atoms with Crippen LogP contribution in [0.3, 0.4) is 0 Å². The van der Waals surface area contributed by atoms with Crippen LogP contribution in [0.5, 0.6) is 5.88 Å². The van der Waals surface area contributed by atoms with Crippen molar-refractivity contribution in [3.05, 3.63) is 74.4 Å². The van der Waals surface area contributed by atoms with E-state index in [9.17, 15) is 14.7 Å². The number of hydrogen-bond donors (Lipinski definition) is 2. The van der Waals surface area contributed by atoms with Crippen molar-refractivity contribution in [2.24, 2.45) is 19.2 Å². The van der Waals surface area contributed by atoms with E-state index in [0.717, 1.165) is 25.5 Å². The summed E-state index contributed by atoms with van der Waals surface area (Å²) in [5.74, 6) is -0.364. The number of aromatic hydroxyl groups is 1. The molecule has 3 aromatic rings. The molecule has 26 heavy (non-hydrogen) atoms. The molecular formula is C19H18N4O3. The summed E-state index contributed by atoms with van der Waals surface area (Å²) in [6.07, 6.45) is 0.439. The zero-order chi connectivity index (χ0) is 18.4. The highest BCUT2D eigenvalue weighted by atomic mass is 16.3. The minimum atomic E-state index is -0.576. The van der Waals surface area contributed by atoms with Crippen LogP contribution in [0, 0.1) is 0 Å². The number of nitrogens with zero attached hydrogens (tertiary/aromatic N) is 3. The first-order chi connectivity index (χ1) is 12.5. The van der Waals surface area contributed by atoms with Crippen LogP contribution in [-0.4, -0.2) is 20.0 Å². The Morgan fingerprint density at radius 2 is 1.81 bits per heavy atom. The molecule has 0 saturated heterocycles. The van der Waals surface area contributed by atoms with Gasteiger partial charge in [0, 0.05) is 20.5 Å². The van der Waals surface area contributed by atoms with E-state index in [-0.39, 0.29) is 17.5 Å². The zero-order valence-electron chi connectivity index (χ0n) is 14.4. The summed E-state index contributed by atoms with van der Waals surface area (Å²) in [5.41, 5.74) is 3.51. The van der Waals surface area contributed by atoms with E-state index >= 15 is 0 Å². The maximum atomic E-state index is 12.5. The van der Waals surface area contributed by atoms with E-state index in [4.69, 9.17) is 0 Å². The highest BCUT2D eigenvalue weighted by Gasteiger charge is 2.28. The Labute approximate surface area is 148 Å². The smallest absolute Gasteiger partial charge is 0.333 e. The van der Waals surface area contributed by atoms with Crippen LogP contribution in [0.2, 0.25) is 0 Å². The van der Waals surface area contributed by atoms with Gasteiger partial charge in [-0.1, -0.05) is 42.5 Å². The van der Waals surface area contributed by atoms with Crippen LogP contribution >= 0.6 is 0 Å². The highest BCUT2D eigenvalue weighted by Crippen LogP contribution is 2.30. The van der Waals surface area contributed by atoms with Crippen molar-refractivity contribution in [1.29, 1.82) is 0 Å². The van der Waals surface area contributed by atoms with E-state index in [1.807, 2.05) is 42.5 Å². The van der Waals surface area contributed by atoms with E-state index in [0.29, 0.717) is 12.1 Å². The number of nitrogens with one attached hydrogen (secondary N) is 1. The largest absolute Gasteiger partial charge is 0.494 e. The third-order valence-corrected chi connectivity index (χ3v) is 4.87. The van der Waals surface area contributed by atoms with Crippen LogP contribution in [0.4, 0.5) is 0 Å². The van der Waals surface area contributed by atoms with E-state index in [1.165, 1.54) is 14.1 Å². The minimum Gasteiger partial charge on any atom is -0.494 e. The van der Waals surface area contributed by atoms with E-state index < -0.39 is 11.2 Å². The Morgan fingerprint density at radius 3 is 2.62 bits per heavy atom. The summed E-state index contributed by atoms with van der Waals surface area (Å²) in [5, 5.41) is 16.8. The quantitative estimate of drug-likeness (QED) is 0.731. The fourth-order valence-corrected chi connectivity index (χ4v) is 3.42. The number of hydrazone groups is 1. The average molecular weight is 350 g/mol. The molecule has 0 amide bonds. The van der Waals surface area contributed by atoms with Crippen LogP contribution in [-0.2, 0) is 14.1 Å². The molecule has 132 valence electrons. The fraction of sp³-hybridized carbons (Fsp3) is 0.211. The zero-order valence-corrected chi connectivity index (χ0v) is 14.4. The molecule has 4 rings (SSSR count). The van der Waals surface area contributed by atoms with Gasteiger partial charge in [-0.25, -0.2) is 4.79 Å². The standard InChI is InChI=1S/C19H18N4O3/c1-22-17(24)16(18(25)23(2)19(22)26)15-10-14(20-21-15)13-9-5-7-11-6-3-4-8-12(11)13/h3-9,14,20,24H,10H2,1-2H3. The third-order valence-electron chi connectivity index (χ3n) is 4.87. The van der Waals surface area contributed by atoms with Gasteiger partial charge < -0.3 is 10.5 Å². The van der Waals surface area contributed by atoms with Gasteiger partial charge in [-0.3, -0.25) is 13.9 Å². The molecule has 0 saturated carbocycles. The van der Waals surface area contributed by atoms with Crippen molar-refractivity contribution < 1.29 is 5.11 Å². The molecule has 1 unspecified atom stereocenters. The van der Waals surface area contributed by atoms with Crippen molar-refractivity contribution in [2.75, 3.05) is 0 Å². The van der Waals surface area contributed by atoms with Gasteiger partial charge in [-0.15, -0.1) is 0 Å². The summed E-state index contributed by atoms with van der Waals surface area (Å²) in [7, 11) is 2.81. The fourth-order valence-electron chi connectivity index (χ4n) is 3.42. The predicted molar refractivity (Wildman–Crippen MR) is 99.6 cm³/mol. The number of benzene rings is 2. The molecule has 2 N–H and O–H groups in total. The lowest BCUT2D eigenvalue weighted by atomic mass is 9.95. The van der Waals surface area contributed by atoms with Crippen LogP contribution < -0.4 is 16.7 Å². The summed E-state index contributed by atoms with van der Waals surface area (Å²) >= 11 is 0. The molecule has 0 fully saturated rings. The van der Waals surface area contributed by atoms with Gasteiger partial charge in [0.2, 0.25) is 5.88 Å². The van der Waals surface area contributed by atoms with Crippen molar-refractivity contribution >= 4 is 16.5 Å². The Balaban J connectivity index is 1.76. The Morgan fingerprint density at radius 1 is 1.08 bits per heavy atom. The van der Waals surface area contributed by atoms with Crippen molar-refractivity contribution in [3.63, 3.8) is 0 Å². The molecule has 0 radical (unpaired) electrons. The summed E-state index contributed by atoms with van der Waals surface area (Å²) in [6, 6.07) is 14.0. The first-order valence-electron chi connectivity index (χ1n) is 8.28. The second-order valence-corrected chi connectivity index (χ2v) is 6.42. The van der Waals surface area contributed by atoms with Gasteiger partial charge in [0.25, 0.3) is 5.56 Å².